The lowest BCUT2D eigenvalue weighted by Gasteiger charge is -2.10. The van der Waals surface area contributed by atoms with E-state index in [9.17, 15) is 5.26 Å². The van der Waals surface area contributed by atoms with E-state index in [1.165, 1.54) is 0 Å². The molecule has 0 unspecified atom stereocenters. The molecule has 4 heteroatoms. The monoisotopic (exact) mass is 264 g/mol. The maximum Gasteiger partial charge on any atom is 0.102 e. The van der Waals surface area contributed by atoms with Crippen LogP contribution in [0.1, 0.15) is 25.3 Å². The predicted octanol–water partition coefficient (Wildman–Crippen LogP) is 3.51. The Morgan fingerprint density at radius 2 is 2.22 bits per heavy atom. The second-order valence-electron chi connectivity index (χ2n) is 3.85. The van der Waals surface area contributed by atoms with Crippen molar-refractivity contribution in [3.8, 4) is 6.07 Å². The molecule has 0 saturated heterocycles. The number of methoxy groups -OCH3 is 1. The summed E-state index contributed by atoms with van der Waals surface area (Å²) in [6.45, 7) is 3.76. The van der Waals surface area contributed by atoms with Gasteiger partial charge in [-0.25, -0.2) is 0 Å². The molecule has 1 aromatic rings. The Labute approximate surface area is 114 Å². The van der Waals surface area contributed by atoms with E-state index in [-0.39, 0.29) is 0 Å². The molecule has 0 aliphatic heterocycles. The number of nitrogens with zero attached hydrogens (tertiary/aromatic N) is 1. The van der Waals surface area contributed by atoms with Crippen molar-refractivity contribution in [1.29, 1.82) is 5.26 Å². The van der Waals surface area contributed by atoms with Gasteiger partial charge in [0.05, 0.1) is 11.3 Å². The van der Waals surface area contributed by atoms with Crippen LogP contribution in [0.3, 0.4) is 0 Å². The number of hydrogen-bond acceptors (Lipinski definition) is 4. The SMILES string of the molecule is CCSc1cccc(NCCCCOC)c1C#N. The minimum Gasteiger partial charge on any atom is -0.385 e. The summed E-state index contributed by atoms with van der Waals surface area (Å²) in [5, 5.41) is 12.6. The van der Waals surface area contributed by atoms with Gasteiger partial charge < -0.3 is 10.1 Å². The number of thioether (sulfide) groups is 1. The molecule has 0 bridgehead atoms. The Morgan fingerprint density at radius 1 is 1.39 bits per heavy atom. The van der Waals surface area contributed by atoms with Crippen LogP contribution in [0.2, 0.25) is 0 Å². The maximum absolute atomic E-state index is 9.24. The highest BCUT2D eigenvalue weighted by molar-refractivity contribution is 7.99. The summed E-state index contributed by atoms with van der Waals surface area (Å²) in [5.74, 6) is 0.978. The molecule has 0 saturated carbocycles. The Hall–Kier alpha value is -1.18. The van der Waals surface area contributed by atoms with Crippen molar-refractivity contribution in [3.05, 3.63) is 23.8 Å². The highest BCUT2D eigenvalue weighted by atomic mass is 32.2. The fraction of sp³-hybridized carbons (Fsp3) is 0.500. The minimum atomic E-state index is 0.760. The van der Waals surface area contributed by atoms with Crippen LogP contribution in [0.5, 0.6) is 0 Å². The van der Waals surface area contributed by atoms with Gasteiger partial charge in [0.1, 0.15) is 6.07 Å². The van der Waals surface area contributed by atoms with Crippen LogP contribution in [0.4, 0.5) is 5.69 Å². The summed E-state index contributed by atoms with van der Waals surface area (Å²) in [5.41, 5.74) is 1.70. The molecule has 0 aromatic heterocycles. The Kier molecular flexibility index (Phi) is 7.31. The fourth-order valence-corrected chi connectivity index (χ4v) is 2.45. The number of benzene rings is 1. The van der Waals surface area contributed by atoms with E-state index < -0.39 is 0 Å². The molecule has 0 radical (unpaired) electrons. The van der Waals surface area contributed by atoms with E-state index in [0.29, 0.717) is 0 Å². The molecule has 0 fully saturated rings. The van der Waals surface area contributed by atoms with Gasteiger partial charge in [0.15, 0.2) is 0 Å². The zero-order chi connectivity index (χ0) is 13.2. The van der Waals surface area contributed by atoms with Crippen molar-refractivity contribution in [2.24, 2.45) is 0 Å². The zero-order valence-electron chi connectivity index (χ0n) is 11.0. The summed E-state index contributed by atoms with van der Waals surface area (Å²) in [6, 6.07) is 8.26. The van der Waals surface area contributed by atoms with Gasteiger partial charge >= 0.3 is 0 Å². The summed E-state index contributed by atoms with van der Waals surface area (Å²) >= 11 is 1.71. The normalized spacial score (nSPS) is 10.1. The van der Waals surface area contributed by atoms with Crippen molar-refractivity contribution >= 4 is 17.4 Å². The molecular weight excluding hydrogens is 244 g/mol. The van der Waals surface area contributed by atoms with Crippen LogP contribution in [0.25, 0.3) is 0 Å². The standard InChI is InChI=1S/C14H20N2OS/c1-3-18-14-8-6-7-13(12(14)11-15)16-9-4-5-10-17-2/h6-8,16H,3-5,9-10H2,1-2H3. The van der Waals surface area contributed by atoms with Crippen LogP contribution >= 0.6 is 11.8 Å². The molecule has 18 heavy (non-hydrogen) atoms. The summed E-state index contributed by atoms with van der Waals surface area (Å²) in [6.07, 6.45) is 2.08. The highest BCUT2D eigenvalue weighted by Crippen LogP contribution is 2.27. The Bertz CT molecular complexity index is 401. The van der Waals surface area contributed by atoms with E-state index in [1.807, 2.05) is 18.2 Å². The molecule has 0 spiro atoms. The first-order valence-electron chi connectivity index (χ1n) is 6.22. The van der Waals surface area contributed by atoms with Crippen LogP contribution < -0.4 is 5.32 Å². The summed E-state index contributed by atoms with van der Waals surface area (Å²) < 4.78 is 5.01. The topological polar surface area (TPSA) is 45.0 Å². The number of anilines is 1. The lowest BCUT2D eigenvalue weighted by atomic mass is 10.2. The van der Waals surface area contributed by atoms with Gasteiger partial charge in [-0.1, -0.05) is 13.0 Å². The van der Waals surface area contributed by atoms with Crippen molar-refractivity contribution < 1.29 is 4.74 Å². The molecule has 0 aliphatic carbocycles. The molecule has 0 atom stereocenters. The smallest absolute Gasteiger partial charge is 0.102 e. The third-order valence-corrected chi connectivity index (χ3v) is 3.47. The second kappa shape index (κ2) is 8.84. The van der Waals surface area contributed by atoms with E-state index in [2.05, 4.69) is 18.3 Å². The van der Waals surface area contributed by atoms with Crippen molar-refractivity contribution in [2.75, 3.05) is 31.3 Å². The van der Waals surface area contributed by atoms with Crippen LogP contribution in [0.15, 0.2) is 23.1 Å². The molecule has 0 heterocycles. The van der Waals surface area contributed by atoms with Crippen LogP contribution in [-0.2, 0) is 4.74 Å². The summed E-state index contributed by atoms with van der Waals surface area (Å²) in [7, 11) is 1.71. The number of nitriles is 1. The molecule has 1 N–H and O–H groups in total. The summed E-state index contributed by atoms with van der Waals surface area (Å²) in [4.78, 5) is 1.06. The zero-order valence-corrected chi connectivity index (χ0v) is 11.8. The predicted molar refractivity (Wildman–Crippen MR) is 77.2 cm³/mol. The Balaban J connectivity index is 2.59. The average Bonchev–Trinajstić information content (AvgIpc) is 2.39. The number of ether oxygens (including phenoxy) is 1. The number of rotatable bonds is 8. The van der Waals surface area contributed by atoms with E-state index in [1.54, 1.807) is 18.9 Å². The maximum atomic E-state index is 9.24. The van der Waals surface area contributed by atoms with Gasteiger partial charge in [-0.2, -0.15) is 5.26 Å². The lowest BCUT2D eigenvalue weighted by molar-refractivity contribution is 0.194. The number of hydrogen-bond donors (Lipinski definition) is 1. The minimum absolute atomic E-state index is 0.760. The third-order valence-electron chi connectivity index (χ3n) is 2.53. The van der Waals surface area contributed by atoms with Crippen LogP contribution in [-0.4, -0.2) is 26.0 Å². The molecule has 3 nitrogen and oxygen atoms in total. The van der Waals surface area contributed by atoms with Gasteiger partial charge in [-0.05, 0) is 30.7 Å². The van der Waals surface area contributed by atoms with Gasteiger partial charge in [-0.3, -0.25) is 0 Å². The van der Waals surface area contributed by atoms with Gasteiger partial charge in [0, 0.05) is 25.2 Å². The number of nitrogens with one attached hydrogen (secondary N) is 1. The van der Waals surface area contributed by atoms with E-state index >= 15 is 0 Å². The van der Waals surface area contributed by atoms with Gasteiger partial charge in [0.2, 0.25) is 0 Å². The molecule has 1 aromatic carbocycles. The lowest BCUT2D eigenvalue weighted by Crippen LogP contribution is -2.05. The fourth-order valence-electron chi connectivity index (χ4n) is 1.66. The van der Waals surface area contributed by atoms with Crippen molar-refractivity contribution in [2.45, 2.75) is 24.7 Å². The molecule has 0 aliphatic rings. The van der Waals surface area contributed by atoms with Gasteiger partial charge in [0.25, 0.3) is 0 Å². The first kappa shape index (κ1) is 14.9. The highest BCUT2D eigenvalue weighted by Gasteiger charge is 2.07. The van der Waals surface area contributed by atoms with E-state index in [4.69, 9.17) is 4.74 Å². The van der Waals surface area contributed by atoms with Crippen LogP contribution in [0, 0.1) is 11.3 Å². The average molecular weight is 264 g/mol. The second-order valence-corrected chi connectivity index (χ2v) is 5.16. The molecule has 1 rings (SSSR count). The molecular formula is C14H20N2OS. The van der Waals surface area contributed by atoms with Gasteiger partial charge in [-0.15, -0.1) is 11.8 Å². The number of unbranched alkanes of at least 4 members (excludes halogenated alkanes) is 1. The molecule has 98 valence electrons. The van der Waals surface area contributed by atoms with E-state index in [0.717, 1.165) is 47.9 Å². The quantitative estimate of drug-likeness (QED) is 0.576. The third kappa shape index (κ3) is 4.59. The Morgan fingerprint density at radius 3 is 2.89 bits per heavy atom. The first-order valence-corrected chi connectivity index (χ1v) is 7.20. The largest absolute Gasteiger partial charge is 0.385 e. The molecule has 0 amide bonds. The first-order chi connectivity index (χ1) is 8.83. The van der Waals surface area contributed by atoms with Crippen molar-refractivity contribution in [3.63, 3.8) is 0 Å². The van der Waals surface area contributed by atoms with Crippen molar-refractivity contribution in [1.82, 2.24) is 0 Å².